The summed E-state index contributed by atoms with van der Waals surface area (Å²) in [5.74, 6) is 0. The number of rotatable bonds is 2. The number of fused-ring (bicyclic) bond motifs is 3. The fraction of sp³-hybridized carbons (Fsp3) is 0. The van der Waals surface area contributed by atoms with Crippen LogP contribution in [0.5, 0.6) is 0 Å². The summed E-state index contributed by atoms with van der Waals surface area (Å²) in [5.41, 5.74) is 4.01. The minimum absolute atomic E-state index is 0.0583. The molecule has 2 aliphatic rings. The average molecular weight is 337 g/mol. The van der Waals surface area contributed by atoms with Crippen LogP contribution in [-0.4, -0.2) is 0 Å². The Morgan fingerprint density at radius 2 is 1.12 bits per heavy atom. The van der Waals surface area contributed by atoms with Gasteiger partial charge in [-0.05, 0) is 42.0 Å². The molecule has 0 spiro atoms. The highest BCUT2D eigenvalue weighted by Gasteiger charge is 2.29. The van der Waals surface area contributed by atoms with Crippen molar-refractivity contribution < 1.29 is 0 Å². The van der Waals surface area contributed by atoms with Crippen molar-refractivity contribution in [2.75, 3.05) is 0 Å². The van der Waals surface area contributed by atoms with E-state index in [2.05, 4.69) is 103 Å². The molecule has 118 valence electrons. The first-order valence-corrected chi connectivity index (χ1v) is 9.72. The van der Waals surface area contributed by atoms with Crippen LogP contribution < -0.4 is 0 Å². The fourth-order valence-electron chi connectivity index (χ4n) is 3.53. The number of hydrogen-bond donors (Lipinski definition) is 0. The van der Waals surface area contributed by atoms with Crippen molar-refractivity contribution in [1.82, 2.24) is 0 Å². The van der Waals surface area contributed by atoms with Crippen molar-refractivity contribution >= 4 is 20.6 Å². The predicted molar refractivity (Wildman–Crippen MR) is 110 cm³/mol. The van der Waals surface area contributed by atoms with Gasteiger partial charge in [0.05, 0.1) is 0 Å². The highest BCUT2D eigenvalue weighted by atomic mass is 32.2. The van der Waals surface area contributed by atoms with Gasteiger partial charge < -0.3 is 0 Å². The summed E-state index contributed by atoms with van der Waals surface area (Å²) in [4.78, 5) is 2.81. The van der Waals surface area contributed by atoms with Crippen molar-refractivity contribution in [3.05, 3.63) is 103 Å². The number of hydrogen-bond acceptors (Lipinski definition) is 0. The van der Waals surface area contributed by atoms with Gasteiger partial charge in [-0.1, -0.05) is 60.7 Å². The van der Waals surface area contributed by atoms with E-state index in [0.29, 0.717) is 0 Å². The zero-order valence-electron chi connectivity index (χ0n) is 13.7. The van der Waals surface area contributed by atoms with Gasteiger partial charge in [0, 0.05) is 33.0 Å². The lowest BCUT2D eigenvalue weighted by Crippen LogP contribution is -1.76. The third kappa shape index (κ3) is 2.36. The molecule has 2 aromatic carbocycles. The Bertz CT molecular complexity index is 1120. The lowest BCUT2D eigenvalue weighted by atomic mass is 10.2. The molecule has 25 heavy (non-hydrogen) atoms. The highest BCUT2D eigenvalue weighted by Crippen LogP contribution is 2.53. The van der Waals surface area contributed by atoms with Crippen molar-refractivity contribution in [2.24, 2.45) is 0 Å². The van der Waals surface area contributed by atoms with E-state index in [1.54, 1.807) is 0 Å². The molecule has 0 fully saturated rings. The predicted octanol–water partition coefficient (Wildman–Crippen LogP) is 7.35. The van der Waals surface area contributed by atoms with Crippen molar-refractivity contribution in [3.8, 4) is 26.5 Å². The van der Waals surface area contributed by atoms with Gasteiger partial charge in [-0.3, -0.25) is 0 Å². The largest absolute Gasteiger partial charge is 0.194 e. The quantitative estimate of drug-likeness (QED) is 0.295. The van der Waals surface area contributed by atoms with Gasteiger partial charge in [0.2, 0.25) is 0 Å². The summed E-state index contributed by atoms with van der Waals surface area (Å²) in [5, 5.41) is 1.37. The Hall–Kier alpha value is -2.90. The molecule has 3 aromatic rings. The minimum atomic E-state index is -0.0583. The summed E-state index contributed by atoms with van der Waals surface area (Å²) >= 11 is 0. The fourth-order valence-corrected chi connectivity index (χ4v) is 6.05. The van der Waals surface area contributed by atoms with Crippen LogP contribution in [0.2, 0.25) is 0 Å². The molecule has 1 heterocycles. The minimum Gasteiger partial charge on any atom is -0.0622 e. The third-order valence-electron chi connectivity index (χ3n) is 4.64. The standard InChI is InChI=1S/C24H17S/c1-4-10-18(11-5-1)23-17-20-16-19-12-6-2-9-15-22(19)24(20)25(23)21-13-7-3-8-14-21/h1-17H/q+1. The third-order valence-corrected chi connectivity index (χ3v) is 7.04. The SMILES string of the molecule is c1ccc(-c2cc3cc4cccccc-4c3[s+]2-c2ccccc2)cc1. The molecule has 0 aliphatic heterocycles. The maximum Gasteiger partial charge on any atom is 0.194 e. The number of thiophene rings is 1. The zero-order chi connectivity index (χ0) is 16.6. The van der Waals surface area contributed by atoms with Gasteiger partial charge in [0.25, 0.3) is 0 Å². The van der Waals surface area contributed by atoms with Gasteiger partial charge in [-0.2, -0.15) is 0 Å². The van der Waals surface area contributed by atoms with Crippen LogP contribution in [-0.2, 0) is 0 Å². The van der Waals surface area contributed by atoms with Crippen LogP contribution in [0.25, 0.3) is 36.5 Å². The molecular weight excluding hydrogens is 320 g/mol. The second-order valence-corrected chi connectivity index (χ2v) is 8.13. The van der Waals surface area contributed by atoms with E-state index in [1.165, 1.54) is 36.5 Å². The molecule has 0 bridgehead atoms. The van der Waals surface area contributed by atoms with Crippen molar-refractivity contribution in [3.63, 3.8) is 0 Å². The Balaban J connectivity index is 1.92. The zero-order valence-corrected chi connectivity index (χ0v) is 14.5. The van der Waals surface area contributed by atoms with Gasteiger partial charge >= 0.3 is 0 Å². The first-order valence-electron chi connectivity index (χ1n) is 8.50. The average Bonchev–Trinajstić information content (AvgIpc) is 3.10. The molecule has 1 atom stereocenters. The van der Waals surface area contributed by atoms with E-state index >= 15 is 0 Å². The Kier molecular flexibility index (Phi) is 3.39. The lowest BCUT2D eigenvalue weighted by molar-refractivity contribution is 1.70. The molecule has 1 heteroatoms. The normalized spacial score (nSPS) is 11.9. The molecule has 0 amide bonds. The molecule has 5 rings (SSSR count). The Morgan fingerprint density at radius 3 is 1.84 bits per heavy atom. The van der Waals surface area contributed by atoms with E-state index in [-0.39, 0.29) is 10.5 Å². The topological polar surface area (TPSA) is 0 Å². The first kappa shape index (κ1) is 14.4. The second-order valence-electron chi connectivity index (χ2n) is 6.20. The van der Waals surface area contributed by atoms with Crippen molar-refractivity contribution in [1.29, 1.82) is 0 Å². The summed E-state index contributed by atoms with van der Waals surface area (Å²) < 4.78 is 1.47. The van der Waals surface area contributed by atoms with E-state index in [4.69, 9.17) is 0 Å². The van der Waals surface area contributed by atoms with Crippen LogP contribution in [0.3, 0.4) is 0 Å². The molecule has 0 N–H and O–H groups in total. The van der Waals surface area contributed by atoms with E-state index in [9.17, 15) is 0 Å². The van der Waals surface area contributed by atoms with Crippen LogP contribution >= 0.6 is 10.5 Å². The molecule has 0 saturated heterocycles. The highest BCUT2D eigenvalue weighted by molar-refractivity contribution is 7.48. The Labute approximate surface area is 150 Å². The maximum absolute atomic E-state index is 2.39. The summed E-state index contributed by atoms with van der Waals surface area (Å²) in [6.07, 6.45) is 0. The summed E-state index contributed by atoms with van der Waals surface area (Å²) in [6, 6.07) is 37.3. The van der Waals surface area contributed by atoms with E-state index in [1.807, 2.05) is 0 Å². The second kappa shape index (κ2) is 5.87. The van der Waals surface area contributed by atoms with Gasteiger partial charge in [-0.15, -0.1) is 0 Å². The van der Waals surface area contributed by atoms with Crippen LogP contribution in [0.15, 0.2) is 103 Å². The van der Waals surface area contributed by atoms with Gasteiger partial charge in [0.15, 0.2) is 14.5 Å². The van der Waals surface area contributed by atoms with Crippen molar-refractivity contribution in [2.45, 2.75) is 0 Å². The van der Waals surface area contributed by atoms with Gasteiger partial charge in [0.1, 0.15) is 0 Å². The molecule has 0 nitrogen and oxygen atoms in total. The summed E-state index contributed by atoms with van der Waals surface area (Å²) in [7, 11) is -0.0583. The van der Waals surface area contributed by atoms with Crippen LogP contribution in [0.4, 0.5) is 0 Å². The smallest absolute Gasteiger partial charge is 0.0622 e. The summed E-state index contributed by atoms with van der Waals surface area (Å²) in [6.45, 7) is 0. The molecule has 0 radical (unpaired) electrons. The molecule has 0 saturated carbocycles. The van der Waals surface area contributed by atoms with E-state index in [0.717, 1.165) is 0 Å². The maximum atomic E-state index is 2.39. The van der Waals surface area contributed by atoms with Crippen LogP contribution in [0.1, 0.15) is 0 Å². The Morgan fingerprint density at radius 1 is 0.520 bits per heavy atom. The van der Waals surface area contributed by atoms with Crippen LogP contribution in [0, 0.1) is 0 Å². The molecular formula is C24H17S+. The lowest BCUT2D eigenvalue weighted by Gasteiger charge is -1.99. The molecule has 2 aliphatic carbocycles. The molecule has 1 aromatic heterocycles. The molecule has 1 unspecified atom stereocenters. The van der Waals surface area contributed by atoms with Gasteiger partial charge in [-0.25, -0.2) is 0 Å². The first-order chi connectivity index (χ1) is 12.4. The number of benzene rings is 2. The van der Waals surface area contributed by atoms with E-state index < -0.39 is 0 Å². The monoisotopic (exact) mass is 337 g/mol.